The summed E-state index contributed by atoms with van der Waals surface area (Å²) >= 11 is 13.9. The molecule has 7 nitrogen and oxygen atoms in total. The molecular weight excluding hydrogens is 615 g/mol. The van der Waals surface area contributed by atoms with E-state index in [0.29, 0.717) is 31.9 Å². The number of aromatic nitrogens is 3. The third-order valence-electron chi connectivity index (χ3n) is 8.21. The van der Waals surface area contributed by atoms with Crippen molar-refractivity contribution in [2.24, 2.45) is 0 Å². The van der Waals surface area contributed by atoms with Gasteiger partial charge in [0, 0.05) is 15.6 Å². The van der Waals surface area contributed by atoms with Crippen molar-refractivity contribution in [2.75, 3.05) is 7.11 Å². The maximum atomic E-state index is 14.5. The van der Waals surface area contributed by atoms with Crippen molar-refractivity contribution in [3.63, 3.8) is 0 Å². The molecule has 0 radical (unpaired) electrons. The van der Waals surface area contributed by atoms with E-state index in [1.54, 1.807) is 11.5 Å². The molecule has 8 rings (SSSR count). The lowest BCUT2D eigenvalue weighted by atomic mass is 9.84. The largest absolute Gasteiger partial charge is 0.497 e. The topological polar surface area (TPSA) is 77.8 Å². The Morgan fingerprint density at radius 1 is 0.977 bits per heavy atom. The van der Waals surface area contributed by atoms with E-state index in [0.717, 1.165) is 69.0 Å². The SMILES string of the molecule is COc1ccc(C2NOc3c2sc2nc4nc5c(c(-c6ccc(Cl)cc6)c4c(=O)n32)CCC/C5=C\c2ccc(Cl)cc2)cc1. The highest BCUT2D eigenvalue weighted by atomic mass is 35.5. The predicted octanol–water partition coefficient (Wildman–Crippen LogP) is 8.15. The van der Waals surface area contributed by atoms with Crippen LogP contribution in [0.5, 0.6) is 11.6 Å². The van der Waals surface area contributed by atoms with E-state index in [1.165, 1.54) is 11.3 Å². The van der Waals surface area contributed by atoms with Crippen molar-refractivity contribution in [2.45, 2.75) is 25.3 Å². The first-order valence-corrected chi connectivity index (χ1v) is 15.8. The third kappa shape index (κ3) is 4.49. The third-order valence-corrected chi connectivity index (χ3v) is 9.80. The van der Waals surface area contributed by atoms with Crippen LogP contribution in [0.2, 0.25) is 10.0 Å². The van der Waals surface area contributed by atoms with Gasteiger partial charge >= 0.3 is 0 Å². The smallest absolute Gasteiger partial charge is 0.271 e. The van der Waals surface area contributed by atoms with Crippen molar-refractivity contribution in [3.05, 3.63) is 120 Å². The summed E-state index contributed by atoms with van der Waals surface area (Å²) in [6.45, 7) is 0. The van der Waals surface area contributed by atoms with Gasteiger partial charge < -0.3 is 9.57 Å². The number of benzene rings is 3. The molecule has 3 aromatic heterocycles. The van der Waals surface area contributed by atoms with Gasteiger partial charge in [-0.3, -0.25) is 4.79 Å². The van der Waals surface area contributed by atoms with E-state index in [9.17, 15) is 4.79 Å². The summed E-state index contributed by atoms with van der Waals surface area (Å²) in [5.41, 5.74) is 10.1. The Morgan fingerprint density at radius 2 is 1.70 bits per heavy atom. The molecule has 4 heterocycles. The molecule has 44 heavy (non-hydrogen) atoms. The molecule has 2 aliphatic rings. The number of hydrogen-bond acceptors (Lipinski definition) is 7. The standard InChI is InChI=1S/C34H24Cl2N4O3S/c1-42-24-15-9-20(10-16-24)29-30-33(43-39-29)40-32(41)27-26(19-7-13-23(36)14-8-19)25-4-2-3-21(17-18-5-11-22(35)12-6-18)28(25)37-31(27)38-34(40)44-30/h5-17,29,39H,2-4H2,1H3/b21-17+. The number of rotatable bonds is 4. The molecule has 0 saturated heterocycles. The van der Waals surface area contributed by atoms with Gasteiger partial charge in [0.25, 0.3) is 5.56 Å². The molecule has 1 atom stereocenters. The van der Waals surface area contributed by atoms with Crippen molar-refractivity contribution in [1.29, 1.82) is 0 Å². The van der Waals surface area contributed by atoms with E-state index in [-0.39, 0.29) is 11.6 Å². The highest BCUT2D eigenvalue weighted by Crippen LogP contribution is 2.43. The number of hydroxylamine groups is 1. The Morgan fingerprint density at radius 3 is 2.43 bits per heavy atom. The zero-order valence-corrected chi connectivity index (χ0v) is 25.8. The lowest BCUT2D eigenvalue weighted by Crippen LogP contribution is -2.21. The number of nitrogens with zero attached hydrogens (tertiary/aromatic N) is 3. The number of nitrogens with one attached hydrogen (secondary N) is 1. The summed E-state index contributed by atoms with van der Waals surface area (Å²) in [6, 6.07) is 22.9. The Balaban J connectivity index is 1.37. The van der Waals surface area contributed by atoms with E-state index in [4.69, 9.17) is 42.7 Å². The van der Waals surface area contributed by atoms with Crippen LogP contribution in [-0.4, -0.2) is 21.5 Å². The van der Waals surface area contributed by atoms with Crippen LogP contribution in [0.4, 0.5) is 0 Å². The first-order chi connectivity index (χ1) is 21.5. The minimum absolute atomic E-state index is 0.214. The fourth-order valence-corrected chi connectivity index (χ4v) is 7.47. The molecule has 0 fully saturated rings. The van der Waals surface area contributed by atoms with Gasteiger partial charge in [-0.2, -0.15) is 4.98 Å². The van der Waals surface area contributed by atoms with Gasteiger partial charge in [0.2, 0.25) is 10.8 Å². The van der Waals surface area contributed by atoms with E-state index in [1.807, 2.05) is 72.8 Å². The molecule has 1 N–H and O–H groups in total. The predicted molar refractivity (Wildman–Crippen MR) is 176 cm³/mol. The molecule has 10 heteroatoms. The van der Waals surface area contributed by atoms with Gasteiger partial charge in [-0.25, -0.2) is 9.38 Å². The fraction of sp³-hybridized carbons (Fsp3) is 0.147. The van der Waals surface area contributed by atoms with Crippen LogP contribution < -0.4 is 20.6 Å². The van der Waals surface area contributed by atoms with Crippen LogP contribution >= 0.6 is 34.5 Å². The minimum atomic E-state index is -0.254. The number of fused-ring (bicyclic) bond motifs is 5. The van der Waals surface area contributed by atoms with Crippen molar-refractivity contribution >= 4 is 62.2 Å². The quantitative estimate of drug-likeness (QED) is 0.210. The summed E-state index contributed by atoms with van der Waals surface area (Å²) in [7, 11) is 1.64. The first kappa shape index (κ1) is 27.3. The van der Waals surface area contributed by atoms with E-state index < -0.39 is 0 Å². The van der Waals surface area contributed by atoms with Gasteiger partial charge in [-0.05, 0) is 89.6 Å². The van der Waals surface area contributed by atoms with E-state index in [2.05, 4.69) is 11.6 Å². The molecular formula is C34H24Cl2N4O3S. The average molecular weight is 640 g/mol. The Hall–Kier alpha value is -4.21. The molecule has 6 aromatic rings. The van der Waals surface area contributed by atoms with Crippen LogP contribution in [0, 0.1) is 0 Å². The maximum Gasteiger partial charge on any atom is 0.271 e. The van der Waals surface area contributed by atoms with Crippen LogP contribution in [0.25, 0.3) is 38.8 Å². The highest BCUT2D eigenvalue weighted by Gasteiger charge is 2.34. The number of ether oxygens (including phenoxy) is 1. The molecule has 1 unspecified atom stereocenters. The second-order valence-corrected chi connectivity index (χ2v) is 12.7. The molecule has 3 aromatic carbocycles. The molecule has 0 spiro atoms. The van der Waals surface area contributed by atoms with Crippen LogP contribution in [0.1, 0.15) is 46.1 Å². The van der Waals surface area contributed by atoms with Crippen LogP contribution in [0.3, 0.4) is 0 Å². The maximum absolute atomic E-state index is 14.5. The normalized spacial score (nSPS) is 16.7. The number of thiazole rings is 1. The second kappa shape index (κ2) is 10.7. The second-order valence-electron chi connectivity index (χ2n) is 10.8. The molecule has 1 aliphatic heterocycles. The monoisotopic (exact) mass is 638 g/mol. The number of methoxy groups -OCH3 is 1. The lowest BCUT2D eigenvalue weighted by molar-refractivity contribution is 0.197. The summed E-state index contributed by atoms with van der Waals surface area (Å²) in [5, 5.41) is 1.78. The van der Waals surface area contributed by atoms with Gasteiger partial charge in [0.05, 0.1) is 23.1 Å². The highest BCUT2D eigenvalue weighted by molar-refractivity contribution is 7.17. The zero-order valence-electron chi connectivity index (χ0n) is 23.4. The van der Waals surface area contributed by atoms with Gasteiger partial charge in [0.15, 0.2) is 5.65 Å². The van der Waals surface area contributed by atoms with Gasteiger partial charge in [-0.15, -0.1) is 5.48 Å². The fourth-order valence-electron chi connectivity index (χ4n) is 6.11. The summed E-state index contributed by atoms with van der Waals surface area (Å²) < 4.78 is 6.89. The number of pyridine rings is 1. The summed E-state index contributed by atoms with van der Waals surface area (Å²) in [5.74, 6) is 1.22. The number of halogens is 2. The number of hydrogen-bond donors (Lipinski definition) is 1. The van der Waals surface area contributed by atoms with Crippen molar-refractivity contribution < 1.29 is 9.57 Å². The van der Waals surface area contributed by atoms with Gasteiger partial charge in [-0.1, -0.05) is 70.9 Å². The van der Waals surface area contributed by atoms with E-state index >= 15 is 0 Å². The Bertz CT molecular complexity index is 2170. The number of allylic oxidation sites excluding steroid dienone is 1. The Kier molecular flexibility index (Phi) is 6.68. The Labute approximate surface area is 266 Å². The molecule has 0 saturated carbocycles. The van der Waals surface area contributed by atoms with Gasteiger partial charge in [0.1, 0.15) is 11.8 Å². The minimum Gasteiger partial charge on any atom is -0.497 e. The van der Waals surface area contributed by atoms with Crippen molar-refractivity contribution in [1.82, 2.24) is 19.8 Å². The molecule has 0 amide bonds. The lowest BCUT2D eigenvalue weighted by Gasteiger charge is -2.23. The molecule has 218 valence electrons. The zero-order chi connectivity index (χ0) is 29.9. The summed E-state index contributed by atoms with van der Waals surface area (Å²) in [4.78, 5) is 32.0. The first-order valence-electron chi connectivity index (χ1n) is 14.2. The van der Waals surface area contributed by atoms with Crippen LogP contribution in [0.15, 0.2) is 77.6 Å². The molecule has 1 aliphatic carbocycles. The van der Waals surface area contributed by atoms with Crippen LogP contribution in [-0.2, 0) is 6.42 Å². The molecule has 0 bridgehead atoms. The summed E-state index contributed by atoms with van der Waals surface area (Å²) in [6.07, 6.45) is 4.74. The van der Waals surface area contributed by atoms with Crippen molar-refractivity contribution in [3.8, 4) is 22.8 Å². The average Bonchev–Trinajstić information content (AvgIpc) is 3.61.